The van der Waals surface area contributed by atoms with Crippen molar-refractivity contribution in [1.82, 2.24) is 5.32 Å². The van der Waals surface area contributed by atoms with Crippen molar-refractivity contribution in [3.05, 3.63) is 23.8 Å². The summed E-state index contributed by atoms with van der Waals surface area (Å²) in [5, 5.41) is 3.16. The third-order valence-electron chi connectivity index (χ3n) is 2.57. The largest absolute Gasteiger partial charge is 0.493 e. The summed E-state index contributed by atoms with van der Waals surface area (Å²) >= 11 is 1.89. The minimum absolute atomic E-state index is 0.743. The summed E-state index contributed by atoms with van der Waals surface area (Å²) in [6.45, 7) is 6.57. The molecule has 0 fully saturated rings. The van der Waals surface area contributed by atoms with E-state index >= 15 is 0 Å². The predicted molar refractivity (Wildman–Crippen MR) is 83.5 cm³/mol. The highest BCUT2D eigenvalue weighted by molar-refractivity contribution is 7.99. The molecular weight excluding hydrogens is 258 g/mol. The molecule has 1 aromatic rings. The van der Waals surface area contributed by atoms with Gasteiger partial charge in [-0.2, -0.15) is 11.8 Å². The Morgan fingerprint density at radius 2 is 2.00 bits per heavy atom. The van der Waals surface area contributed by atoms with Crippen LogP contribution in [0.1, 0.15) is 25.8 Å². The van der Waals surface area contributed by atoms with Crippen molar-refractivity contribution in [3.63, 3.8) is 0 Å². The van der Waals surface area contributed by atoms with Gasteiger partial charge in [-0.1, -0.05) is 19.9 Å². The van der Waals surface area contributed by atoms with Gasteiger partial charge in [0.05, 0.1) is 13.2 Å². The zero-order valence-electron chi connectivity index (χ0n) is 12.2. The molecule has 19 heavy (non-hydrogen) atoms. The van der Waals surface area contributed by atoms with E-state index in [0.717, 1.165) is 49.2 Å². The van der Waals surface area contributed by atoms with E-state index in [1.54, 1.807) is 0 Å². The summed E-state index contributed by atoms with van der Waals surface area (Å²) in [6, 6.07) is 6.08. The zero-order valence-corrected chi connectivity index (χ0v) is 13.0. The van der Waals surface area contributed by atoms with Gasteiger partial charge in [0.2, 0.25) is 0 Å². The van der Waals surface area contributed by atoms with E-state index in [-0.39, 0.29) is 0 Å². The molecule has 0 radical (unpaired) electrons. The molecule has 0 aliphatic rings. The molecule has 3 nitrogen and oxygen atoms in total. The second-order valence-electron chi connectivity index (χ2n) is 4.19. The summed E-state index contributed by atoms with van der Waals surface area (Å²) in [5.74, 6) is 3.97. The Morgan fingerprint density at radius 1 is 1.16 bits per heavy atom. The van der Waals surface area contributed by atoms with Gasteiger partial charge < -0.3 is 14.8 Å². The Labute approximate surface area is 121 Å². The van der Waals surface area contributed by atoms with Crippen LogP contribution >= 0.6 is 11.8 Å². The Bertz CT molecular complexity index is 358. The number of thioether (sulfide) groups is 1. The molecule has 4 heteroatoms. The zero-order chi connectivity index (χ0) is 13.9. The van der Waals surface area contributed by atoms with Gasteiger partial charge in [0.25, 0.3) is 0 Å². The highest BCUT2D eigenvalue weighted by Gasteiger charge is 2.05. The van der Waals surface area contributed by atoms with Gasteiger partial charge in [-0.3, -0.25) is 0 Å². The Kier molecular flexibility index (Phi) is 8.50. The highest BCUT2D eigenvalue weighted by Crippen LogP contribution is 2.25. The number of rotatable bonds is 10. The van der Waals surface area contributed by atoms with Crippen molar-refractivity contribution in [2.45, 2.75) is 26.8 Å². The molecule has 0 amide bonds. The van der Waals surface area contributed by atoms with Crippen molar-refractivity contribution >= 4 is 11.8 Å². The third-order valence-corrected chi connectivity index (χ3v) is 3.43. The first-order valence-electron chi connectivity index (χ1n) is 6.92. The van der Waals surface area contributed by atoms with Crippen LogP contribution in [0.25, 0.3) is 0 Å². The SMILES string of the molecule is CCCOc1ccc(CNC)c(OCCSCC)c1. The average molecular weight is 283 g/mol. The monoisotopic (exact) mass is 283 g/mol. The van der Waals surface area contributed by atoms with Crippen molar-refractivity contribution in [2.75, 3.05) is 31.8 Å². The smallest absolute Gasteiger partial charge is 0.127 e. The van der Waals surface area contributed by atoms with Gasteiger partial charge in [-0.25, -0.2) is 0 Å². The lowest BCUT2D eigenvalue weighted by Gasteiger charge is -2.13. The minimum atomic E-state index is 0.743. The number of hydrogen-bond donors (Lipinski definition) is 1. The summed E-state index contributed by atoms with van der Waals surface area (Å²) in [5.41, 5.74) is 1.17. The maximum Gasteiger partial charge on any atom is 0.127 e. The lowest BCUT2D eigenvalue weighted by Crippen LogP contribution is -2.09. The molecule has 108 valence electrons. The van der Waals surface area contributed by atoms with Crippen LogP contribution in [-0.2, 0) is 6.54 Å². The quantitative estimate of drug-likeness (QED) is 0.667. The van der Waals surface area contributed by atoms with E-state index in [4.69, 9.17) is 9.47 Å². The van der Waals surface area contributed by atoms with Crippen LogP contribution in [0, 0.1) is 0 Å². The number of nitrogens with one attached hydrogen (secondary N) is 1. The van der Waals surface area contributed by atoms with Crippen LogP contribution in [0.4, 0.5) is 0 Å². The second-order valence-corrected chi connectivity index (χ2v) is 5.59. The van der Waals surface area contributed by atoms with E-state index in [1.807, 2.05) is 30.9 Å². The lowest BCUT2D eigenvalue weighted by atomic mass is 10.2. The summed E-state index contributed by atoms with van der Waals surface area (Å²) in [6.07, 6.45) is 1.02. The molecule has 0 atom stereocenters. The van der Waals surface area contributed by atoms with Crippen LogP contribution in [0.15, 0.2) is 18.2 Å². The van der Waals surface area contributed by atoms with Crippen molar-refractivity contribution in [3.8, 4) is 11.5 Å². The molecule has 0 aliphatic carbocycles. The molecular formula is C15H25NO2S. The number of benzene rings is 1. The molecule has 0 spiro atoms. The first kappa shape index (κ1) is 16.2. The molecule has 1 N–H and O–H groups in total. The number of ether oxygens (including phenoxy) is 2. The Morgan fingerprint density at radius 3 is 2.68 bits per heavy atom. The van der Waals surface area contributed by atoms with Gasteiger partial charge in [-0.05, 0) is 25.3 Å². The molecule has 0 aliphatic heterocycles. The maximum atomic E-state index is 5.87. The molecule has 0 heterocycles. The maximum absolute atomic E-state index is 5.87. The van der Waals surface area contributed by atoms with Crippen molar-refractivity contribution in [2.24, 2.45) is 0 Å². The van der Waals surface area contributed by atoms with Crippen molar-refractivity contribution in [1.29, 1.82) is 0 Å². The molecule has 1 rings (SSSR count). The van der Waals surface area contributed by atoms with E-state index in [9.17, 15) is 0 Å². The third kappa shape index (κ3) is 6.21. The normalized spacial score (nSPS) is 10.5. The van der Waals surface area contributed by atoms with E-state index in [1.165, 1.54) is 5.56 Å². The Balaban J connectivity index is 2.65. The first-order chi connectivity index (χ1) is 9.31. The standard InChI is InChI=1S/C15H25NO2S/c1-4-8-17-14-7-6-13(12-16-3)15(11-14)18-9-10-19-5-2/h6-7,11,16H,4-5,8-10,12H2,1-3H3. The molecule has 0 saturated heterocycles. The molecule has 0 aromatic heterocycles. The fourth-order valence-corrected chi connectivity index (χ4v) is 2.16. The summed E-state index contributed by atoms with van der Waals surface area (Å²) in [7, 11) is 1.94. The number of hydrogen-bond acceptors (Lipinski definition) is 4. The van der Waals surface area contributed by atoms with E-state index in [2.05, 4.69) is 25.2 Å². The lowest BCUT2D eigenvalue weighted by molar-refractivity contribution is 0.308. The average Bonchev–Trinajstić information content (AvgIpc) is 2.43. The molecule has 0 unspecified atom stereocenters. The first-order valence-corrected chi connectivity index (χ1v) is 8.08. The van der Waals surface area contributed by atoms with Crippen LogP contribution in [0.2, 0.25) is 0 Å². The van der Waals surface area contributed by atoms with E-state index < -0.39 is 0 Å². The summed E-state index contributed by atoms with van der Waals surface area (Å²) < 4.78 is 11.5. The van der Waals surface area contributed by atoms with E-state index in [0.29, 0.717) is 0 Å². The summed E-state index contributed by atoms with van der Waals surface area (Å²) in [4.78, 5) is 0. The predicted octanol–water partition coefficient (Wildman–Crippen LogP) is 3.33. The van der Waals surface area contributed by atoms with Gasteiger partial charge in [-0.15, -0.1) is 0 Å². The van der Waals surface area contributed by atoms with Crippen molar-refractivity contribution < 1.29 is 9.47 Å². The molecule has 0 saturated carbocycles. The fourth-order valence-electron chi connectivity index (χ4n) is 1.67. The topological polar surface area (TPSA) is 30.5 Å². The fraction of sp³-hybridized carbons (Fsp3) is 0.600. The van der Waals surface area contributed by atoms with Gasteiger partial charge in [0, 0.05) is 23.9 Å². The Hall–Kier alpha value is -0.870. The molecule has 1 aromatic carbocycles. The van der Waals surface area contributed by atoms with Crippen LogP contribution in [0.3, 0.4) is 0 Å². The van der Waals surface area contributed by atoms with Crippen LogP contribution in [0.5, 0.6) is 11.5 Å². The minimum Gasteiger partial charge on any atom is -0.493 e. The van der Waals surface area contributed by atoms with Gasteiger partial charge in [0.15, 0.2) is 0 Å². The van der Waals surface area contributed by atoms with Crippen LogP contribution in [-0.4, -0.2) is 31.8 Å². The van der Waals surface area contributed by atoms with Gasteiger partial charge >= 0.3 is 0 Å². The molecule has 0 bridgehead atoms. The second kappa shape index (κ2) is 9.98. The highest BCUT2D eigenvalue weighted by atomic mass is 32.2. The van der Waals surface area contributed by atoms with Gasteiger partial charge in [0.1, 0.15) is 11.5 Å². The van der Waals surface area contributed by atoms with Crippen LogP contribution < -0.4 is 14.8 Å².